The van der Waals surface area contributed by atoms with Crippen LogP contribution in [0, 0.1) is 19.7 Å². The predicted molar refractivity (Wildman–Crippen MR) is 47.2 cm³/mol. The molecule has 0 saturated heterocycles. The molecule has 13 heavy (non-hydrogen) atoms. The second-order valence-corrected chi connectivity index (χ2v) is 4.39. The van der Waals surface area contributed by atoms with E-state index in [2.05, 4.69) is 0 Å². The van der Waals surface area contributed by atoms with Crippen molar-refractivity contribution in [1.82, 2.24) is 0 Å². The molecular formula is C8H10FNO2S. The third-order valence-corrected chi connectivity index (χ3v) is 2.84. The van der Waals surface area contributed by atoms with Gasteiger partial charge in [-0.05, 0) is 25.0 Å². The van der Waals surface area contributed by atoms with Gasteiger partial charge in [-0.15, -0.1) is 0 Å². The highest BCUT2D eigenvalue weighted by molar-refractivity contribution is 7.89. The third-order valence-electron chi connectivity index (χ3n) is 1.77. The first kappa shape index (κ1) is 10.1. The van der Waals surface area contributed by atoms with Crippen LogP contribution in [-0.4, -0.2) is 8.42 Å². The van der Waals surface area contributed by atoms with Crippen LogP contribution in [0.1, 0.15) is 11.1 Å². The van der Waals surface area contributed by atoms with Gasteiger partial charge in [0.25, 0.3) is 0 Å². The summed E-state index contributed by atoms with van der Waals surface area (Å²) in [4.78, 5) is -0.410. The van der Waals surface area contributed by atoms with Gasteiger partial charge in [-0.25, -0.2) is 17.9 Å². The Bertz CT molecular complexity index is 440. The van der Waals surface area contributed by atoms with E-state index in [9.17, 15) is 12.8 Å². The number of hydrogen-bond acceptors (Lipinski definition) is 2. The van der Waals surface area contributed by atoms with Crippen molar-refractivity contribution >= 4 is 10.0 Å². The molecule has 3 nitrogen and oxygen atoms in total. The van der Waals surface area contributed by atoms with Crippen LogP contribution in [0.25, 0.3) is 0 Å². The summed E-state index contributed by atoms with van der Waals surface area (Å²) in [6, 6.07) is 3.04. The summed E-state index contributed by atoms with van der Waals surface area (Å²) in [5, 5.41) is 4.86. The van der Waals surface area contributed by atoms with Crippen LogP contribution < -0.4 is 5.14 Å². The fraction of sp³-hybridized carbons (Fsp3) is 0.250. The largest absolute Gasteiger partial charge is 0.241 e. The van der Waals surface area contributed by atoms with Crippen LogP contribution in [0.3, 0.4) is 0 Å². The van der Waals surface area contributed by atoms with Crippen LogP contribution in [0.2, 0.25) is 0 Å². The Hall–Kier alpha value is -0.940. The Labute approximate surface area is 76.4 Å². The normalized spacial score (nSPS) is 11.7. The Balaban J connectivity index is 3.62. The van der Waals surface area contributed by atoms with Gasteiger partial charge in [-0.2, -0.15) is 0 Å². The number of rotatable bonds is 1. The Morgan fingerprint density at radius 3 is 2.08 bits per heavy atom. The highest BCUT2D eigenvalue weighted by Gasteiger charge is 2.18. The van der Waals surface area contributed by atoms with Crippen molar-refractivity contribution in [1.29, 1.82) is 0 Å². The molecule has 0 aromatic heterocycles. The molecule has 0 atom stereocenters. The lowest BCUT2D eigenvalue weighted by Crippen LogP contribution is -2.16. The van der Waals surface area contributed by atoms with Crippen molar-refractivity contribution in [3.05, 3.63) is 29.1 Å². The quantitative estimate of drug-likeness (QED) is 0.742. The van der Waals surface area contributed by atoms with Crippen LogP contribution >= 0.6 is 0 Å². The number of sulfonamides is 1. The zero-order chi connectivity index (χ0) is 10.2. The van der Waals surface area contributed by atoms with Gasteiger partial charge in [0.05, 0.1) is 0 Å². The molecule has 1 rings (SSSR count). The number of benzene rings is 1. The summed E-state index contributed by atoms with van der Waals surface area (Å²) >= 11 is 0. The van der Waals surface area contributed by atoms with Crippen molar-refractivity contribution in [3.63, 3.8) is 0 Å². The molecule has 2 N–H and O–H groups in total. The highest BCUT2D eigenvalue weighted by atomic mass is 32.2. The van der Waals surface area contributed by atoms with Gasteiger partial charge >= 0.3 is 0 Å². The number of nitrogens with two attached hydrogens (primary N) is 1. The predicted octanol–water partition coefficient (Wildman–Crippen LogP) is 1.09. The molecule has 0 bridgehead atoms. The van der Waals surface area contributed by atoms with Crippen molar-refractivity contribution in [2.75, 3.05) is 0 Å². The smallest absolute Gasteiger partial charge is 0.225 e. The highest BCUT2D eigenvalue weighted by Crippen LogP contribution is 2.20. The molecule has 0 saturated carbocycles. The lowest BCUT2D eigenvalue weighted by molar-refractivity contribution is 0.560. The topological polar surface area (TPSA) is 60.2 Å². The lowest BCUT2D eigenvalue weighted by atomic mass is 10.1. The number of halogens is 1. The summed E-state index contributed by atoms with van der Waals surface area (Å²) in [5.41, 5.74) is 0.597. The summed E-state index contributed by atoms with van der Waals surface area (Å²) < 4.78 is 35.2. The van der Waals surface area contributed by atoms with E-state index in [4.69, 9.17) is 5.14 Å². The van der Waals surface area contributed by atoms with Gasteiger partial charge in [0, 0.05) is 0 Å². The first-order valence-corrected chi connectivity index (χ1v) is 5.17. The average molecular weight is 203 g/mol. The SMILES string of the molecule is Cc1ccc(C)c(S(N)(=O)=O)c1F. The summed E-state index contributed by atoms with van der Waals surface area (Å²) in [6.45, 7) is 2.99. The summed E-state index contributed by atoms with van der Waals surface area (Å²) in [6.07, 6.45) is 0. The maximum Gasteiger partial charge on any atom is 0.241 e. The van der Waals surface area contributed by atoms with Crippen LogP contribution in [0.15, 0.2) is 17.0 Å². The van der Waals surface area contributed by atoms with E-state index in [-0.39, 0.29) is 5.56 Å². The van der Waals surface area contributed by atoms with Crippen molar-refractivity contribution in [2.45, 2.75) is 18.7 Å². The minimum absolute atomic E-state index is 0.273. The average Bonchev–Trinajstić information content (AvgIpc) is 1.95. The fourth-order valence-electron chi connectivity index (χ4n) is 1.10. The molecule has 5 heteroatoms. The molecule has 0 spiro atoms. The van der Waals surface area contributed by atoms with E-state index < -0.39 is 20.7 Å². The molecule has 0 amide bonds. The van der Waals surface area contributed by atoms with Crippen molar-refractivity contribution in [3.8, 4) is 0 Å². The second-order valence-electron chi connectivity index (χ2n) is 2.89. The van der Waals surface area contributed by atoms with Gasteiger partial charge in [-0.3, -0.25) is 0 Å². The molecule has 0 aliphatic carbocycles. The number of primary sulfonamides is 1. The van der Waals surface area contributed by atoms with Gasteiger partial charge in [-0.1, -0.05) is 12.1 Å². The molecule has 0 aliphatic heterocycles. The molecule has 0 radical (unpaired) electrons. The number of hydrogen-bond donors (Lipinski definition) is 1. The first-order chi connectivity index (χ1) is 5.84. The van der Waals surface area contributed by atoms with E-state index in [1.165, 1.54) is 26.0 Å². The van der Waals surface area contributed by atoms with Crippen molar-refractivity contribution < 1.29 is 12.8 Å². The molecule has 1 aromatic carbocycles. The molecule has 0 fully saturated rings. The lowest BCUT2D eigenvalue weighted by Gasteiger charge is -2.06. The first-order valence-electron chi connectivity index (χ1n) is 3.62. The second kappa shape index (κ2) is 3.08. The maximum atomic E-state index is 13.3. The molecule has 0 heterocycles. The third kappa shape index (κ3) is 1.87. The van der Waals surface area contributed by atoms with Gasteiger partial charge < -0.3 is 0 Å². The molecule has 72 valence electrons. The van der Waals surface area contributed by atoms with E-state index >= 15 is 0 Å². The Morgan fingerprint density at radius 2 is 1.69 bits per heavy atom. The van der Waals surface area contributed by atoms with E-state index in [1.807, 2.05) is 0 Å². The zero-order valence-electron chi connectivity index (χ0n) is 7.33. The molecule has 0 unspecified atom stereocenters. The van der Waals surface area contributed by atoms with Gasteiger partial charge in [0.2, 0.25) is 10.0 Å². The van der Waals surface area contributed by atoms with E-state index in [1.54, 1.807) is 0 Å². The van der Waals surface area contributed by atoms with E-state index in [0.717, 1.165) is 0 Å². The minimum atomic E-state index is -3.96. The van der Waals surface area contributed by atoms with Crippen LogP contribution in [-0.2, 0) is 10.0 Å². The standard InChI is InChI=1S/C8H10FNO2S/c1-5-3-4-6(2)8(7(5)9)13(10,11)12/h3-4H,1-2H3,(H2,10,11,12). The molecule has 0 aliphatic rings. The molecular weight excluding hydrogens is 193 g/mol. The molecule has 1 aromatic rings. The van der Waals surface area contributed by atoms with E-state index in [0.29, 0.717) is 5.56 Å². The minimum Gasteiger partial charge on any atom is -0.225 e. The zero-order valence-corrected chi connectivity index (χ0v) is 8.15. The van der Waals surface area contributed by atoms with Crippen molar-refractivity contribution in [2.24, 2.45) is 5.14 Å². The Morgan fingerprint density at radius 1 is 1.23 bits per heavy atom. The summed E-state index contributed by atoms with van der Waals surface area (Å²) in [7, 11) is -3.96. The number of aryl methyl sites for hydroxylation is 2. The maximum absolute atomic E-state index is 13.3. The monoisotopic (exact) mass is 203 g/mol. The van der Waals surface area contributed by atoms with Crippen LogP contribution in [0.4, 0.5) is 4.39 Å². The summed E-state index contributed by atoms with van der Waals surface area (Å²) in [5.74, 6) is -0.762. The van der Waals surface area contributed by atoms with Gasteiger partial charge in [0.1, 0.15) is 10.7 Å². The van der Waals surface area contributed by atoms with Crippen LogP contribution in [0.5, 0.6) is 0 Å². The Kier molecular flexibility index (Phi) is 2.40. The fourth-order valence-corrected chi connectivity index (χ4v) is 2.03. The van der Waals surface area contributed by atoms with Gasteiger partial charge in [0.15, 0.2) is 0 Å².